The molecule has 1 aliphatic rings. The second-order valence-electron chi connectivity index (χ2n) is 7.40. The lowest BCUT2D eigenvalue weighted by molar-refractivity contribution is -0.140. The first-order chi connectivity index (χ1) is 12.7. The van der Waals surface area contributed by atoms with Crippen molar-refractivity contribution in [3.8, 4) is 0 Å². The molecule has 1 aliphatic heterocycles. The third kappa shape index (κ3) is 3.13. The summed E-state index contributed by atoms with van der Waals surface area (Å²) in [4.78, 5) is 22.9. The largest absolute Gasteiger partial charge is 0.379 e. The third-order valence-corrected chi connectivity index (χ3v) is 5.43. The van der Waals surface area contributed by atoms with Gasteiger partial charge in [0.1, 0.15) is 11.4 Å². The highest BCUT2D eigenvalue weighted by Crippen LogP contribution is 2.47. The lowest BCUT2D eigenvalue weighted by Crippen LogP contribution is -2.58. The summed E-state index contributed by atoms with van der Waals surface area (Å²) in [5.74, 6) is -0.556. The lowest BCUT2D eigenvalue weighted by atomic mass is 9.67. The van der Waals surface area contributed by atoms with Crippen LogP contribution in [0.5, 0.6) is 0 Å². The SMILES string of the molecule is CN1C(=O)C(C)(C)[C@@](C)(c2cc(NCc3ccccn3)ccc2F)N=C1N. The number of carbonyl (C=O) groups excluding carboxylic acids is 1. The van der Waals surface area contributed by atoms with E-state index in [4.69, 9.17) is 5.73 Å². The average Bonchev–Trinajstić information content (AvgIpc) is 2.65. The molecule has 0 fully saturated rings. The third-order valence-electron chi connectivity index (χ3n) is 5.43. The summed E-state index contributed by atoms with van der Waals surface area (Å²) >= 11 is 0. The summed E-state index contributed by atoms with van der Waals surface area (Å²) < 4.78 is 14.8. The molecule has 0 unspecified atom stereocenters. The van der Waals surface area contributed by atoms with E-state index in [0.29, 0.717) is 17.8 Å². The molecule has 6 nitrogen and oxygen atoms in total. The van der Waals surface area contributed by atoms with Gasteiger partial charge in [-0.1, -0.05) is 6.07 Å². The van der Waals surface area contributed by atoms with E-state index in [1.165, 1.54) is 11.0 Å². The second-order valence-corrected chi connectivity index (χ2v) is 7.40. The van der Waals surface area contributed by atoms with Crippen LogP contribution >= 0.6 is 0 Å². The fraction of sp³-hybridized carbons (Fsp3) is 0.350. The molecule has 142 valence electrons. The lowest BCUT2D eigenvalue weighted by Gasteiger charge is -2.46. The zero-order valence-electron chi connectivity index (χ0n) is 16.0. The predicted molar refractivity (Wildman–Crippen MR) is 103 cm³/mol. The number of nitrogens with zero attached hydrogens (tertiary/aromatic N) is 3. The summed E-state index contributed by atoms with van der Waals surface area (Å²) in [5.41, 5.74) is 5.74. The van der Waals surface area contributed by atoms with Crippen LogP contribution in [0.25, 0.3) is 0 Å². The van der Waals surface area contributed by atoms with Gasteiger partial charge in [0.25, 0.3) is 0 Å². The van der Waals surface area contributed by atoms with Crippen LogP contribution in [0.15, 0.2) is 47.6 Å². The number of anilines is 1. The van der Waals surface area contributed by atoms with Gasteiger partial charge in [-0.15, -0.1) is 0 Å². The first kappa shape index (κ1) is 18.8. The standard InChI is InChI=1S/C20H24FN5O/c1-19(2)17(27)26(4)18(22)25-20(19,3)15-11-13(8-9-16(15)21)24-12-14-7-5-6-10-23-14/h5-11,24H,12H2,1-4H3,(H2,22,25)/t20-/m1/s1. The highest BCUT2D eigenvalue weighted by Gasteiger charge is 2.53. The monoisotopic (exact) mass is 369 g/mol. The average molecular weight is 369 g/mol. The van der Waals surface area contributed by atoms with E-state index in [-0.39, 0.29) is 11.9 Å². The van der Waals surface area contributed by atoms with Gasteiger partial charge in [-0.25, -0.2) is 9.38 Å². The zero-order chi connectivity index (χ0) is 19.8. The second kappa shape index (κ2) is 6.64. The first-order valence-corrected chi connectivity index (χ1v) is 8.74. The molecule has 0 radical (unpaired) electrons. The molecule has 1 aromatic heterocycles. The molecule has 7 heteroatoms. The smallest absolute Gasteiger partial charge is 0.237 e. The van der Waals surface area contributed by atoms with E-state index in [1.807, 2.05) is 18.2 Å². The minimum atomic E-state index is -1.13. The maximum absolute atomic E-state index is 14.8. The molecule has 3 N–H and O–H groups in total. The Morgan fingerprint density at radius 3 is 2.63 bits per heavy atom. The molecular formula is C20H24FN5O. The topological polar surface area (TPSA) is 83.6 Å². The van der Waals surface area contributed by atoms with Gasteiger partial charge < -0.3 is 11.1 Å². The summed E-state index contributed by atoms with van der Waals surface area (Å²) in [6.45, 7) is 5.76. The van der Waals surface area contributed by atoms with Gasteiger partial charge in [0, 0.05) is 24.5 Å². The number of aromatic nitrogens is 1. The summed E-state index contributed by atoms with van der Waals surface area (Å²) in [6, 6.07) is 10.4. The van der Waals surface area contributed by atoms with Crippen molar-refractivity contribution in [2.45, 2.75) is 32.9 Å². The van der Waals surface area contributed by atoms with Crippen molar-refractivity contribution >= 4 is 17.6 Å². The summed E-state index contributed by atoms with van der Waals surface area (Å²) in [6.07, 6.45) is 1.72. The first-order valence-electron chi connectivity index (χ1n) is 8.74. The van der Waals surface area contributed by atoms with Gasteiger partial charge in [-0.2, -0.15) is 0 Å². The summed E-state index contributed by atoms with van der Waals surface area (Å²) in [7, 11) is 1.57. The van der Waals surface area contributed by atoms with Gasteiger partial charge in [0.2, 0.25) is 5.91 Å². The Bertz CT molecular complexity index is 897. The zero-order valence-corrected chi connectivity index (χ0v) is 16.0. The summed E-state index contributed by atoms with van der Waals surface area (Å²) in [5, 5.41) is 3.24. The van der Waals surface area contributed by atoms with Crippen molar-refractivity contribution in [2.75, 3.05) is 12.4 Å². The number of aliphatic imine (C=N–C) groups is 1. The van der Waals surface area contributed by atoms with E-state index in [1.54, 1.807) is 46.1 Å². The quantitative estimate of drug-likeness (QED) is 0.868. The molecule has 3 rings (SSSR count). The Morgan fingerprint density at radius 2 is 1.96 bits per heavy atom. The minimum absolute atomic E-state index is 0.0769. The van der Waals surface area contributed by atoms with E-state index >= 15 is 0 Å². The minimum Gasteiger partial charge on any atom is -0.379 e. The Morgan fingerprint density at radius 1 is 1.22 bits per heavy atom. The molecule has 2 aromatic rings. The number of nitrogens with two attached hydrogens (primary N) is 1. The Kier molecular flexibility index (Phi) is 4.63. The van der Waals surface area contributed by atoms with Crippen LogP contribution in [-0.4, -0.2) is 28.8 Å². The fourth-order valence-electron chi connectivity index (χ4n) is 3.28. The van der Waals surface area contributed by atoms with E-state index in [0.717, 1.165) is 5.69 Å². The van der Waals surface area contributed by atoms with Crippen LogP contribution in [-0.2, 0) is 16.9 Å². The van der Waals surface area contributed by atoms with Crippen LogP contribution in [0.1, 0.15) is 32.0 Å². The van der Waals surface area contributed by atoms with E-state index in [2.05, 4.69) is 15.3 Å². The van der Waals surface area contributed by atoms with Crippen LogP contribution < -0.4 is 11.1 Å². The van der Waals surface area contributed by atoms with Crippen molar-refractivity contribution < 1.29 is 9.18 Å². The predicted octanol–water partition coefficient (Wildman–Crippen LogP) is 2.86. The number of nitrogens with one attached hydrogen (secondary N) is 1. The fourth-order valence-corrected chi connectivity index (χ4v) is 3.28. The van der Waals surface area contributed by atoms with Crippen molar-refractivity contribution in [1.82, 2.24) is 9.88 Å². The maximum atomic E-state index is 14.8. The number of hydrogen-bond donors (Lipinski definition) is 2. The normalized spacial score (nSPS) is 21.7. The van der Waals surface area contributed by atoms with Crippen LogP contribution in [0.3, 0.4) is 0 Å². The Hall–Kier alpha value is -2.96. The van der Waals surface area contributed by atoms with Gasteiger partial charge in [0.15, 0.2) is 5.96 Å². The van der Waals surface area contributed by atoms with Crippen molar-refractivity contribution in [3.05, 3.63) is 59.7 Å². The molecule has 0 saturated carbocycles. The van der Waals surface area contributed by atoms with E-state index in [9.17, 15) is 9.18 Å². The molecule has 0 spiro atoms. The van der Waals surface area contributed by atoms with Crippen LogP contribution in [0.4, 0.5) is 10.1 Å². The molecule has 0 aliphatic carbocycles. The van der Waals surface area contributed by atoms with Crippen molar-refractivity contribution in [1.29, 1.82) is 0 Å². The van der Waals surface area contributed by atoms with Gasteiger partial charge in [0.05, 0.1) is 17.7 Å². The Labute approximate surface area is 158 Å². The number of rotatable bonds is 4. The van der Waals surface area contributed by atoms with E-state index < -0.39 is 16.8 Å². The van der Waals surface area contributed by atoms with Gasteiger partial charge >= 0.3 is 0 Å². The molecule has 1 atom stereocenters. The molecular weight excluding hydrogens is 345 g/mol. The van der Waals surface area contributed by atoms with Crippen molar-refractivity contribution in [2.24, 2.45) is 16.1 Å². The molecule has 1 amide bonds. The number of carbonyl (C=O) groups is 1. The maximum Gasteiger partial charge on any atom is 0.237 e. The Balaban J connectivity index is 1.99. The number of benzene rings is 1. The number of halogens is 1. The number of amides is 1. The van der Waals surface area contributed by atoms with Crippen molar-refractivity contribution in [3.63, 3.8) is 0 Å². The number of hydrogen-bond acceptors (Lipinski definition) is 5. The highest BCUT2D eigenvalue weighted by molar-refractivity contribution is 6.01. The van der Waals surface area contributed by atoms with Crippen LogP contribution in [0, 0.1) is 11.2 Å². The molecule has 2 heterocycles. The number of guanidine groups is 1. The van der Waals surface area contributed by atoms with Gasteiger partial charge in [-0.3, -0.25) is 14.7 Å². The number of pyridine rings is 1. The molecule has 0 saturated heterocycles. The molecule has 0 bridgehead atoms. The molecule has 27 heavy (non-hydrogen) atoms. The molecule has 1 aromatic carbocycles. The van der Waals surface area contributed by atoms with Gasteiger partial charge in [-0.05, 0) is 51.1 Å². The highest BCUT2D eigenvalue weighted by atomic mass is 19.1. The van der Waals surface area contributed by atoms with Crippen LogP contribution in [0.2, 0.25) is 0 Å².